The van der Waals surface area contributed by atoms with Crippen molar-refractivity contribution in [1.29, 1.82) is 0 Å². The van der Waals surface area contributed by atoms with Crippen molar-refractivity contribution < 1.29 is 23.7 Å². The molecule has 0 spiro atoms. The fourth-order valence-corrected chi connectivity index (χ4v) is 2.01. The Hall–Kier alpha value is -2.24. The number of rotatable bonds is 12. The monoisotopic (exact) mass is 332 g/mol. The van der Waals surface area contributed by atoms with Crippen LogP contribution >= 0.6 is 0 Å². The average Bonchev–Trinajstić information content (AvgIpc) is 2.64. The lowest BCUT2D eigenvalue weighted by molar-refractivity contribution is 0.0271. The van der Waals surface area contributed by atoms with Gasteiger partial charge in [0.15, 0.2) is 11.5 Å². The number of hydrogen-bond donors (Lipinski definition) is 0. The molecular weight excluding hydrogens is 308 g/mol. The highest BCUT2D eigenvalue weighted by Gasteiger charge is 2.01. The van der Waals surface area contributed by atoms with Gasteiger partial charge >= 0.3 is 0 Å². The van der Waals surface area contributed by atoms with Crippen LogP contribution in [0.1, 0.15) is 0 Å². The van der Waals surface area contributed by atoms with Gasteiger partial charge in [0.2, 0.25) is 0 Å². The maximum absolute atomic E-state index is 5.61. The third-order valence-electron chi connectivity index (χ3n) is 3.17. The van der Waals surface area contributed by atoms with Crippen molar-refractivity contribution in [2.75, 3.05) is 46.8 Å². The Labute approximate surface area is 143 Å². The number of para-hydroxylation sites is 3. The van der Waals surface area contributed by atoms with Crippen LogP contribution in [-0.2, 0) is 9.47 Å². The van der Waals surface area contributed by atoms with Gasteiger partial charge in [-0.1, -0.05) is 30.3 Å². The van der Waals surface area contributed by atoms with Crippen LogP contribution in [-0.4, -0.2) is 46.8 Å². The Morgan fingerprint density at radius 2 is 1.12 bits per heavy atom. The lowest BCUT2D eigenvalue weighted by Crippen LogP contribution is -2.13. The van der Waals surface area contributed by atoms with Gasteiger partial charge in [-0.15, -0.1) is 0 Å². The molecule has 0 aromatic heterocycles. The molecular formula is C19H24O5. The Morgan fingerprint density at radius 3 is 1.79 bits per heavy atom. The molecule has 0 unspecified atom stereocenters. The molecule has 2 rings (SSSR count). The largest absolute Gasteiger partial charge is 0.493 e. The quantitative estimate of drug-likeness (QED) is 0.559. The normalized spacial score (nSPS) is 10.4. The molecule has 0 amide bonds. The molecule has 2 aromatic rings. The zero-order valence-corrected chi connectivity index (χ0v) is 14.0. The summed E-state index contributed by atoms with van der Waals surface area (Å²) in [5.41, 5.74) is 0. The number of hydrogen-bond acceptors (Lipinski definition) is 5. The summed E-state index contributed by atoms with van der Waals surface area (Å²) in [6, 6.07) is 17.2. The molecule has 130 valence electrons. The van der Waals surface area contributed by atoms with Crippen LogP contribution in [0.5, 0.6) is 17.2 Å². The standard InChI is InChI=1S/C19H24O5/c1-20-18-9-5-6-10-19(18)24-16-14-22-12-11-21-13-15-23-17-7-3-2-4-8-17/h2-10H,11-16H2,1H3. The highest BCUT2D eigenvalue weighted by atomic mass is 16.6. The SMILES string of the molecule is COc1ccccc1OCCOCCOCCOc1ccccc1. The van der Waals surface area contributed by atoms with E-state index in [-0.39, 0.29) is 0 Å². The molecule has 5 heteroatoms. The van der Waals surface area contributed by atoms with E-state index in [1.54, 1.807) is 7.11 Å². The fraction of sp³-hybridized carbons (Fsp3) is 0.368. The van der Waals surface area contributed by atoms with Crippen molar-refractivity contribution >= 4 is 0 Å². The van der Waals surface area contributed by atoms with Gasteiger partial charge < -0.3 is 23.7 Å². The third kappa shape index (κ3) is 6.89. The molecule has 2 aromatic carbocycles. The molecule has 0 aliphatic rings. The first-order valence-electron chi connectivity index (χ1n) is 7.99. The first-order chi connectivity index (χ1) is 11.9. The molecule has 24 heavy (non-hydrogen) atoms. The minimum atomic E-state index is 0.470. The first kappa shape index (κ1) is 18.1. The summed E-state index contributed by atoms with van der Waals surface area (Å²) in [4.78, 5) is 0. The second-order valence-electron chi connectivity index (χ2n) is 4.89. The highest BCUT2D eigenvalue weighted by Crippen LogP contribution is 2.25. The number of benzene rings is 2. The molecule has 0 aliphatic heterocycles. The molecule has 5 nitrogen and oxygen atoms in total. The fourth-order valence-electron chi connectivity index (χ4n) is 2.01. The van der Waals surface area contributed by atoms with Gasteiger partial charge in [-0.3, -0.25) is 0 Å². The molecule has 0 atom stereocenters. The van der Waals surface area contributed by atoms with Crippen LogP contribution in [0.4, 0.5) is 0 Å². The van der Waals surface area contributed by atoms with Crippen LogP contribution in [0.2, 0.25) is 0 Å². The number of methoxy groups -OCH3 is 1. The summed E-state index contributed by atoms with van der Waals surface area (Å²) in [5, 5.41) is 0. The lowest BCUT2D eigenvalue weighted by Gasteiger charge is -2.10. The molecule has 0 heterocycles. The van der Waals surface area contributed by atoms with Crippen molar-refractivity contribution in [2.24, 2.45) is 0 Å². The zero-order valence-electron chi connectivity index (χ0n) is 14.0. The van der Waals surface area contributed by atoms with Crippen molar-refractivity contribution in [3.8, 4) is 17.2 Å². The van der Waals surface area contributed by atoms with Crippen LogP contribution in [0.25, 0.3) is 0 Å². The van der Waals surface area contributed by atoms with Gasteiger partial charge in [-0.05, 0) is 24.3 Å². The van der Waals surface area contributed by atoms with E-state index in [2.05, 4.69) is 0 Å². The molecule has 0 N–H and O–H groups in total. The van der Waals surface area contributed by atoms with Crippen molar-refractivity contribution in [3.05, 3.63) is 54.6 Å². The minimum absolute atomic E-state index is 0.470. The third-order valence-corrected chi connectivity index (χ3v) is 3.17. The van der Waals surface area contributed by atoms with E-state index in [0.717, 1.165) is 17.2 Å². The van der Waals surface area contributed by atoms with Crippen LogP contribution in [0, 0.1) is 0 Å². The second kappa shape index (κ2) is 11.3. The molecule has 0 saturated heterocycles. The maximum Gasteiger partial charge on any atom is 0.161 e. The highest BCUT2D eigenvalue weighted by molar-refractivity contribution is 5.39. The Bertz CT molecular complexity index is 559. The average molecular weight is 332 g/mol. The smallest absolute Gasteiger partial charge is 0.161 e. The summed E-state index contributed by atoms with van der Waals surface area (Å²) in [5.74, 6) is 2.29. The number of ether oxygens (including phenoxy) is 5. The van der Waals surface area contributed by atoms with E-state index in [1.165, 1.54) is 0 Å². The van der Waals surface area contributed by atoms with E-state index in [1.807, 2.05) is 54.6 Å². The summed E-state index contributed by atoms with van der Waals surface area (Å²) < 4.78 is 27.3. The molecule has 0 bridgehead atoms. The predicted molar refractivity (Wildman–Crippen MR) is 92.1 cm³/mol. The first-order valence-corrected chi connectivity index (χ1v) is 7.99. The van der Waals surface area contributed by atoms with Crippen molar-refractivity contribution in [2.45, 2.75) is 0 Å². The maximum atomic E-state index is 5.61. The zero-order chi connectivity index (χ0) is 16.9. The summed E-state index contributed by atoms with van der Waals surface area (Å²) >= 11 is 0. The second-order valence-corrected chi connectivity index (χ2v) is 4.89. The summed E-state index contributed by atoms with van der Waals surface area (Å²) in [6.45, 7) is 3.10. The van der Waals surface area contributed by atoms with E-state index < -0.39 is 0 Å². The van der Waals surface area contributed by atoms with Gasteiger partial charge in [-0.2, -0.15) is 0 Å². The van der Waals surface area contributed by atoms with Crippen molar-refractivity contribution in [3.63, 3.8) is 0 Å². The van der Waals surface area contributed by atoms with Crippen LogP contribution in [0.15, 0.2) is 54.6 Å². The van der Waals surface area contributed by atoms with E-state index in [9.17, 15) is 0 Å². The summed E-state index contributed by atoms with van der Waals surface area (Å²) in [7, 11) is 1.62. The molecule has 0 saturated carbocycles. The Balaban J connectivity index is 1.43. The van der Waals surface area contributed by atoms with Gasteiger partial charge in [0, 0.05) is 0 Å². The molecule has 0 fully saturated rings. The van der Waals surface area contributed by atoms with E-state index >= 15 is 0 Å². The topological polar surface area (TPSA) is 46.2 Å². The van der Waals surface area contributed by atoms with Crippen LogP contribution in [0.3, 0.4) is 0 Å². The lowest BCUT2D eigenvalue weighted by atomic mass is 10.3. The van der Waals surface area contributed by atoms with E-state index in [4.69, 9.17) is 23.7 Å². The van der Waals surface area contributed by atoms with Gasteiger partial charge in [0.1, 0.15) is 19.0 Å². The predicted octanol–water partition coefficient (Wildman–Crippen LogP) is 3.19. The van der Waals surface area contributed by atoms with Crippen molar-refractivity contribution in [1.82, 2.24) is 0 Å². The van der Waals surface area contributed by atoms with Gasteiger partial charge in [-0.25, -0.2) is 0 Å². The molecule has 0 aliphatic carbocycles. The minimum Gasteiger partial charge on any atom is -0.493 e. The van der Waals surface area contributed by atoms with Crippen LogP contribution < -0.4 is 14.2 Å². The van der Waals surface area contributed by atoms with Gasteiger partial charge in [0.25, 0.3) is 0 Å². The van der Waals surface area contributed by atoms with Gasteiger partial charge in [0.05, 0.1) is 33.5 Å². The molecule has 0 radical (unpaired) electrons. The Kier molecular flexibility index (Phi) is 8.54. The Morgan fingerprint density at radius 1 is 0.583 bits per heavy atom. The van der Waals surface area contributed by atoms with E-state index in [0.29, 0.717) is 39.6 Å². The summed E-state index contributed by atoms with van der Waals surface area (Å²) in [6.07, 6.45) is 0.